The van der Waals surface area contributed by atoms with Crippen LogP contribution in [0.15, 0.2) is 23.2 Å². The third-order valence-electron chi connectivity index (χ3n) is 2.50. The molecule has 0 aliphatic carbocycles. The quantitative estimate of drug-likeness (QED) is 0.795. The Bertz CT molecular complexity index is 431. The van der Waals surface area contributed by atoms with E-state index in [0.717, 1.165) is 5.56 Å². The summed E-state index contributed by atoms with van der Waals surface area (Å²) in [6, 6.07) is 5.43. The van der Waals surface area contributed by atoms with Gasteiger partial charge in [0.15, 0.2) is 5.96 Å². The highest BCUT2D eigenvalue weighted by molar-refractivity contribution is 6.35. The summed E-state index contributed by atoms with van der Waals surface area (Å²) in [5.41, 5.74) is 6.23. The molecule has 1 aliphatic rings. The Morgan fingerprint density at radius 1 is 1.47 bits per heavy atom. The van der Waals surface area contributed by atoms with Gasteiger partial charge in [-0.1, -0.05) is 29.3 Å². The second-order valence-corrected chi connectivity index (χ2v) is 4.63. The SMILES string of the molecule is CC1(c2ccc(Cl)cc2Cl)CN=C(N)N1. The van der Waals surface area contributed by atoms with Gasteiger partial charge in [-0.05, 0) is 24.6 Å². The number of rotatable bonds is 1. The second kappa shape index (κ2) is 3.58. The van der Waals surface area contributed by atoms with Crippen LogP contribution in [0.2, 0.25) is 10.0 Å². The molecule has 0 radical (unpaired) electrons. The van der Waals surface area contributed by atoms with Gasteiger partial charge in [-0.15, -0.1) is 0 Å². The number of aliphatic imine (C=N–C) groups is 1. The molecule has 0 aromatic heterocycles. The van der Waals surface area contributed by atoms with Crippen molar-refractivity contribution < 1.29 is 0 Å². The third kappa shape index (κ3) is 1.90. The molecule has 3 N–H and O–H groups in total. The van der Waals surface area contributed by atoms with Crippen LogP contribution in [0, 0.1) is 0 Å². The van der Waals surface area contributed by atoms with E-state index in [1.54, 1.807) is 6.07 Å². The molecule has 1 heterocycles. The predicted octanol–water partition coefficient (Wildman–Crippen LogP) is 2.13. The summed E-state index contributed by atoms with van der Waals surface area (Å²) in [5, 5.41) is 4.36. The van der Waals surface area contributed by atoms with Crippen LogP contribution in [0.1, 0.15) is 12.5 Å². The number of guanidine groups is 1. The smallest absolute Gasteiger partial charge is 0.189 e. The van der Waals surface area contributed by atoms with E-state index in [4.69, 9.17) is 28.9 Å². The zero-order chi connectivity index (χ0) is 11.1. The number of benzene rings is 1. The minimum Gasteiger partial charge on any atom is -0.370 e. The van der Waals surface area contributed by atoms with Gasteiger partial charge in [-0.25, -0.2) is 0 Å². The maximum Gasteiger partial charge on any atom is 0.189 e. The highest BCUT2D eigenvalue weighted by Crippen LogP contribution is 2.32. The molecule has 5 heteroatoms. The molecule has 0 spiro atoms. The molecule has 0 amide bonds. The van der Waals surface area contributed by atoms with Crippen LogP contribution in [0.3, 0.4) is 0 Å². The van der Waals surface area contributed by atoms with Crippen molar-refractivity contribution >= 4 is 29.2 Å². The van der Waals surface area contributed by atoms with Crippen molar-refractivity contribution in [1.82, 2.24) is 5.32 Å². The lowest BCUT2D eigenvalue weighted by molar-refractivity contribution is 0.480. The molecule has 1 aliphatic heterocycles. The fourth-order valence-corrected chi connectivity index (χ4v) is 2.31. The van der Waals surface area contributed by atoms with Gasteiger partial charge in [0.1, 0.15) is 0 Å². The summed E-state index contributed by atoms with van der Waals surface area (Å²) >= 11 is 12.0. The van der Waals surface area contributed by atoms with Gasteiger partial charge in [0.25, 0.3) is 0 Å². The summed E-state index contributed by atoms with van der Waals surface area (Å²) in [5.74, 6) is 0.448. The molecule has 15 heavy (non-hydrogen) atoms. The van der Waals surface area contributed by atoms with Crippen molar-refractivity contribution in [2.45, 2.75) is 12.5 Å². The standard InChI is InChI=1S/C10H11Cl2N3/c1-10(5-14-9(13)15-10)7-3-2-6(11)4-8(7)12/h2-4H,5H2,1H3,(H3,13,14,15). The third-order valence-corrected chi connectivity index (χ3v) is 3.04. The fraction of sp³-hybridized carbons (Fsp3) is 0.300. The van der Waals surface area contributed by atoms with Gasteiger partial charge in [-0.2, -0.15) is 0 Å². The molecule has 1 atom stereocenters. The second-order valence-electron chi connectivity index (χ2n) is 3.78. The summed E-state index contributed by atoms with van der Waals surface area (Å²) in [7, 11) is 0. The number of nitrogens with zero attached hydrogens (tertiary/aromatic N) is 1. The number of hydrogen-bond donors (Lipinski definition) is 2. The molecule has 0 saturated heterocycles. The van der Waals surface area contributed by atoms with E-state index < -0.39 is 0 Å². The van der Waals surface area contributed by atoms with Gasteiger partial charge in [-0.3, -0.25) is 4.99 Å². The molecule has 1 aromatic carbocycles. The molecule has 1 unspecified atom stereocenters. The highest BCUT2D eigenvalue weighted by Gasteiger charge is 2.33. The van der Waals surface area contributed by atoms with Crippen LogP contribution in [0.25, 0.3) is 0 Å². The molecule has 80 valence electrons. The van der Waals surface area contributed by atoms with E-state index in [0.29, 0.717) is 22.5 Å². The first-order valence-corrected chi connectivity index (χ1v) is 5.30. The van der Waals surface area contributed by atoms with Crippen LogP contribution in [0.5, 0.6) is 0 Å². The lowest BCUT2D eigenvalue weighted by Gasteiger charge is -2.25. The normalized spacial score (nSPS) is 24.9. The molecule has 1 aromatic rings. The lowest BCUT2D eigenvalue weighted by Crippen LogP contribution is -2.43. The summed E-state index contributed by atoms with van der Waals surface area (Å²) in [6.07, 6.45) is 0. The van der Waals surface area contributed by atoms with Gasteiger partial charge in [0.2, 0.25) is 0 Å². The Kier molecular flexibility index (Phi) is 2.52. The Balaban J connectivity index is 2.38. The van der Waals surface area contributed by atoms with Crippen molar-refractivity contribution in [1.29, 1.82) is 0 Å². The zero-order valence-corrected chi connectivity index (χ0v) is 9.73. The number of hydrogen-bond acceptors (Lipinski definition) is 3. The van der Waals surface area contributed by atoms with Crippen LogP contribution in [-0.4, -0.2) is 12.5 Å². The van der Waals surface area contributed by atoms with Crippen LogP contribution < -0.4 is 11.1 Å². The van der Waals surface area contributed by atoms with E-state index in [1.807, 2.05) is 19.1 Å². The number of nitrogens with two attached hydrogens (primary N) is 1. The Labute approximate surface area is 98.3 Å². The Morgan fingerprint density at radius 2 is 2.20 bits per heavy atom. The molecule has 0 fully saturated rings. The molecule has 3 nitrogen and oxygen atoms in total. The van der Waals surface area contributed by atoms with Gasteiger partial charge in [0, 0.05) is 10.0 Å². The Morgan fingerprint density at radius 3 is 2.73 bits per heavy atom. The monoisotopic (exact) mass is 243 g/mol. The summed E-state index contributed by atoms with van der Waals surface area (Å²) < 4.78 is 0. The van der Waals surface area contributed by atoms with E-state index in [9.17, 15) is 0 Å². The lowest BCUT2D eigenvalue weighted by atomic mass is 9.93. The van der Waals surface area contributed by atoms with Crippen LogP contribution in [-0.2, 0) is 5.54 Å². The van der Waals surface area contributed by atoms with E-state index in [-0.39, 0.29) is 5.54 Å². The zero-order valence-electron chi connectivity index (χ0n) is 8.22. The van der Waals surface area contributed by atoms with Gasteiger partial charge < -0.3 is 11.1 Å². The van der Waals surface area contributed by atoms with E-state index >= 15 is 0 Å². The predicted molar refractivity (Wildman–Crippen MR) is 63.4 cm³/mol. The molecular weight excluding hydrogens is 233 g/mol. The largest absolute Gasteiger partial charge is 0.370 e. The van der Waals surface area contributed by atoms with Crippen LogP contribution in [0.4, 0.5) is 0 Å². The summed E-state index contributed by atoms with van der Waals surface area (Å²) in [4.78, 5) is 4.12. The first kappa shape index (κ1) is 10.6. The van der Waals surface area contributed by atoms with Crippen molar-refractivity contribution in [2.24, 2.45) is 10.7 Å². The van der Waals surface area contributed by atoms with Gasteiger partial charge >= 0.3 is 0 Å². The van der Waals surface area contributed by atoms with Crippen LogP contribution >= 0.6 is 23.2 Å². The molecule has 2 rings (SSSR count). The van der Waals surface area contributed by atoms with E-state index in [1.165, 1.54) is 0 Å². The number of halogens is 2. The maximum atomic E-state index is 6.13. The minimum atomic E-state index is -0.328. The highest BCUT2D eigenvalue weighted by atomic mass is 35.5. The molecule has 0 bridgehead atoms. The topological polar surface area (TPSA) is 50.4 Å². The van der Waals surface area contributed by atoms with Gasteiger partial charge in [0.05, 0.1) is 12.1 Å². The minimum absolute atomic E-state index is 0.328. The van der Waals surface area contributed by atoms with Crippen molar-refractivity contribution in [3.63, 3.8) is 0 Å². The van der Waals surface area contributed by atoms with Crippen molar-refractivity contribution in [3.05, 3.63) is 33.8 Å². The maximum absolute atomic E-state index is 6.13. The first-order valence-electron chi connectivity index (χ1n) is 4.55. The fourth-order valence-electron chi connectivity index (χ4n) is 1.69. The van der Waals surface area contributed by atoms with Crippen molar-refractivity contribution in [2.75, 3.05) is 6.54 Å². The average Bonchev–Trinajstić information content (AvgIpc) is 2.46. The van der Waals surface area contributed by atoms with E-state index in [2.05, 4.69) is 10.3 Å². The molecular formula is C10H11Cl2N3. The first-order chi connectivity index (χ1) is 7.01. The Hall–Kier alpha value is -0.930. The summed E-state index contributed by atoms with van der Waals surface area (Å²) in [6.45, 7) is 2.59. The molecule has 0 saturated carbocycles. The average molecular weight is 244 g/mol. The number of nitrogens with one attached hydrogen (secondary N) is 1. The van der Waals surface area contributed by atoms with Crippen molar-refractivity contribution in [3.8, 4) is 0 Å².